The number of hydrogen-bond donors (Lipinski definition) is 2. The molecule has 2 aromatic rings. The minimum atomic E-state index is 0.0763. The first-order valence-corrected chi connectivity index (χ1v) is 8.09. The standard InChI is InChI=1S/C19H21NO4/c1-20-7-6-11-9-14(24-3)19(22)17-15(11)12(20)8-10-4-5-13(23-2)18(21)16(10)17/h4-5,9,12,21-22H,6-8H2,1-3H3/t12-/m1/s1. The van der Waals surface area contributed by atoms with E-state index in [1.165, 1.54) is 12.7 Å². The Bertz CT molecular complexity index is 831. The summed E-state index contributed by atoms with van der Waals surface area (Å²) in [5, 5.41) is 21.5. The van der Waals surface area contributed by atoms with E-state index in [2.05, 4.69) is 11.9 Å². The lowest BCUT2D eigenvalue weighted by Gasteiger charge is -2.40. The SMILES string of the molecule is COc1ccc2c(c1O)-c1c(O)c(OC)cc3c1[C@@H](C2)N(C)CC3. The minimum Gasteiger partial charge on any atom is -0.504 e. The normalized spacial score (nSPS) is 18.7. The van der Waals surface area contributed by atoms with E-state index in [4.69, 9.17) is 9.47 Å². The summed E-state index contributed by atoms with van der Waals surface area (Å²) in [5.41, 5.74) is 4.62. The van der Waals surface area contributed by atoms with Crippen LogP contribution in [0, 0.1) is 0 Å². The summed E-state index contributed by atoms with van der Waals surface area (Å²) in [6, 6.07) is 5.87. The molecular formula is C19H21NO4. The van der Waals surface area contributed by atoms with Crippen molar-refractivity contribution in [2.24, 2.45) is 0 Å². The summed E-state index contributed by atoms with van der Waals surface area (Å²) in [4.78, 5) is 2.31. The van der Waals surface area contributed by atoms with Gasteiger partial charge in [0.1, 0.15) is 0 Å². The molecule has 0 amide bonds. The van der Waals surface area contributed by atoms with Gasteiger partial charge in [0, 0.05) is 23.7 Å². The van der Waals surface area contributed by atoms with Gasteiger partial charge in [-0.3, -0.25) is 4.90 Å². The van der Waals surface area contributed by atoms with Gasteiger partial charge in [-0.25, -0.2) is 0 Å². The zero-order valence-electron chi connectivity index (χ0n) is 14.1. The number of rotatable bonds is 2. The van der Waals surface area contributed by atoms with Crippen molar-refractivity contribution < 1.29 is 19.7 Å². The number of nitrogens with zero attached hydrogens (tertiary/aromatic N) is 1. The molecular weight excluding hydrogens is 306 g/mol. The van der Waals surface area contributed by atoms with Crippen LogP contribution in [0.25, 0.3) is 11.1 Å². The Morgan fingerprint density at radius 1 is 1.00 bits per heavy atom. The van der Waals surface area contributed by atoms with Crippen LogP contribution in [0.15, 0.2) is 18.2 Å². The van der Waals surface area contributed by atoms with Gasteiger partial charge in [-0.05, 0) is 48.7 Å². The van der Waals surface area contributed by atoms with Gasteiger partial charge in [0.25, 0.3) is 0 Å². The molecule has 0 spiro atoms. The van der Waals surface area contributed by atoms with E-state index in [0.29, 0.717) is 22.6 Å². The molecule has 1 aliphatic carbocycles. The van der Waals surface area contributed by atoms with Crippen LogP contribution >= 0.6 is 0 Å². The van der Waals surface area contributed by atoms with Crippen molar-refractivity contribution in [2.45, 2.75) is 18.9 Å². The van der Waals surface area contributed by atoms with E-state index >= 15 is 0 Å². The molecule has 0 unspecified atom stereocenters. The summed E-state index contributed by atoms with van der Waals surface area (Å²) in [6.45, 7) is 0.961. The van der Waals surface area contributed by atoms with Crippen LogP contribution in [0.3, 0.4) is 0 Å². The van der Waals surface area contributed by atoms with E-state index in [0.717, 1.165) is 30.5 Å². The number of hydrogen-bond acceptors (Lipinski definition) is 5. The molecule has 24 heavy (non-hydrogen) atoms. The van der Waals surface area contributed by atoms with E-state index in [1.54, 1.807) is 13.2 Å². The van der Waals surface area contributed by atoms with E-state index < -0.39 is 0 Å². The van der Waals surface area contributed by atoms with Gasteiger partial charge in [-0.15, -0.1) is 0 Å². The lowest BCUT2D eigenvalue weighted by atomic mass is 9.76. The Morgan fingerprint density at radius 3 is 2.42 bits per heavy atom. The molecule has 2 aliphatic rings. The average Bonchev–Trinajstić information content (AvgIpc) is 2.59. The lowest BCUT2D eigenvalue weighted by Crippen LogP contribution is -2.35. The average molecular weight is 327 g/mol. The van der Waals surface area contributed by atoms with Crippen molar-refractivity contribution in [2.75, 3.05) is 27.8 Å². The van der Waals surface area contributed by atoms with Crippen LogP contribution in [0.4, 0.5) is 0 Å². The second kappa shape index (κ2) is 5.31. The smallest absolute Gasteiger partial charge is 0.166 e. The van der Waals surface area contributed by atoms with Crippen LogP contribution < -0.4 is 9.47 Å². The van der Waals surface area contributed by atoms with Gasteiger partial charge in [0.2, 0.25) is 0 Å². The molecule has 2 aromatic carbocycles. The molecule has 0 radical (unpaired) electrons. The molecule has 0 saturated heterocycles. The first-order chi connectivity index (χ1) is 11.6. The molecule has 5 heteroatoms. The van der Waals surface area contributed by atoms with Crippen molar-refractivity contribution in [1.82, 2.24) is 4.90 Å². The maximum absolute atomic E-state index is 10.8. The van der Waals surface area contributed by atoms with E-state index in [1.807, 2.05) is 12.1 Å². The van der Waals surface area contributed by atoms with Crippen molar-refractivity contribution in [3.63, 3.8) is 0 Å². The van der Waals surface area contributed by atoms with Gasteiger partial charge in [0.15, 0.2) is 23.0 Å². The first-order valence-electron chi connectivity index (χ1n) is 8.09. The van der Waals surface area contributed by atoms with Crippen LogP contribution in [0.1, 0.15) is 22.7 Å². The largest absolute Gasteiger partial charge is 0.504 e. The molecule has 0 fully saturated rings. The lowest BCUT2D eigenvalue weighted by molar-refractivity contribution is 0.226. The zero-order valence-corrected chi connectivity index (χ0v) is 14.1. The zero-order chi connectivity index (χ0) is 17.0. The summed E-state index contributed by atoms with van der Waals surface area (Å²) in [6.07, 6.45) is 1.70. The van der Waals surface area contributed by atoms with E-state index in [-0.39, 0.29) is 17.5 Å². The number of ether oxygens (including phenoxy) is 2. The van der Waals surface area contributed by atoms with Crippen molar-refractivity contribution in [3.05, 3.63) is 34.9 Å². The van der Waals surface area contributed by atoms with Crippen LogP contribution in [-0.4, -0.2) is 42.9 Å². The quantitative estimate of drug-likeness (QED) is 0.888. The van der Waals surface area contributed by atoms with Gasteiger partial charge in [-0.1, -0.05) is 6.07 Å². The molecule has 0 aromatic heterocycles. The van der Waals surface area contributed by atoms with E-state index in [9.17, 15) is 10.2 Å². The minimum absolute atomic E-state index is 0.0763. The molecule has 0 saturated carbocycles. The number of phenols is 2. The van der Waals surface area contributed by atoms with Crippen LogP contribution in [0.2, 0.25) is 0 Å². The van der Waals surface area contributed by atoms with Crippen LogP contribution in [0.5, 0.6) is 23.0 Å². The Labute approximate surface area is 141 Å². The fraction of sp³-hybridized carbons (Fsp3) is 0.368. The van der Waals surface area contributed by atoms with Gasteiger partial charge in [-0.2, -0.15) is 0 Å². The summed E-state index contributed by atoms with van der Waals surface area (Å²) < 4.78 is 10.6. The highest BCUT2D eigenvalue weighted by Crippen LogP contribution is 2.55. The maximum Gasteiger partial charge on any atom is 0.166 e. The highest BCUT2D eigenvalue weighted by molar-refractivity contribution is 5.88. The molecule has 2 N–H and O–H groups in total. The Hall–Kier alpha value is -2.40. The van der Waals surface area contributed by atoms with Crippen molar-refractivity contribution >= 4 is 0 Å². The van der Waals surface area contributed by atoms with Crippen LogP contribution in [-0.2, 0) is 12.8 Å². The number of likely N-dealkylation sites (N-methyl/N-ethyl adjacent to an activating group) is 1. The van der Waals surface area contributed by atoms with Gasteiger partial charge < -0.3 is 19.7 Å². The Morgan fingerprint density at radius 2 is 1.71 bits per heavy atom. The number of phenolic OH excluding ortho intramolecular Hbond substituents is 2. The van der Waals surface area contributed by atoms with Crippen molar-refractivity contribution in [3.8, 4) is 34.1 Å². The maximum atomic E-state index is 10.8. The summed E-state index contributed by atoms with van der Waals surface area (Å²) >= 11 is 0. The topological polar surface area (TPSA) is 62.2 Å². The second-order valence-electron chi connectivity index (χ2n) is 6.48. The van der Waals surface area contributed by atoms with Crippen molar-refractivity contribution in [1.29, 1.82) is 0 Å². The predicted octanol–water partition coefficient (Wildman–Crippen LogP) is 2.87. The first kappa shape index (κ1) is 15.1. The van der Waals surface area contributed by atoms with Gasteiger partial charge >= 0.3 is 0 Å². The predicted molar refractivity (Wildman–Crippen MR) is 91.1 cm³/mol. The molecule has 1 atom stereocenters. The second-order valence-corrected chi connectivity index (χ2v) is 6.48. The third-order valence-electron chi connectivity index (χ3n) is 5.32. The molecule has 4 rings (SSSR count). The molecule has 5 nitrogen and oxygen atoms in total. The molecule has 1 heterocycles. The summed E-state index contributed by atoms with van der Waals surface area (Å²) in [7, 11) is 5.19. The molecule has 1 aliphatic heterocycles. The number of aromatic hydroxyl groups is 2. The summed E-state index contributed by atoms with van der Waals surface area (Å²) in [5.74, 6) is 1.02. The fourth-order valence-corrected chi connectivity index (χ4v) is 4.08. The highest BCUT2D eigenvalue weighted by atomic mass is 16.5. The van der Waals surface area contributed by atoms with Gasteiger partial charge in [0.05, 0.1) is 14.2 Å². The number of methoxy groups -OCH3 is 2. The fourth-order valence-electron chi connectivity index (χ4n) is 4.08. The highest BCUT2D eigenvalue weighted by Gasteiger charge is 2.37. The third kappa shape index (κ3) is 1.91. The monoisotopic (exact) mass is 327 g/mol. The number of fused-ring (bicyclic) bond motifs is 2. The molecule has 126 valence electrons. The molecule has 0 bridgehead atoms. The Balaban J connectivity index is 2.10. The third-order valence-corrected chi connectivity index (χ3v) is 5.32. The Kier molecular flexibility index (Phi) is 3.35. The number of benzene rings is 2.